The molecule has 112 valence electrons. The first kappa shape index (κ1) is 14.9. The van der Waals surface area contributed by atoms with E-state index in [4.69, 9.17) is 10.5 Å². The number of anilines is 2. The average molecular weight is 302 g/mol. The highest BCUT2D eigenvalue weighted by atomic mass is 32.2. The number of rotatable bonds is 3. The molecule has 5 nitrogen and oxygen atoms in total. The van der Waals surface area contributed by atoms with Crippen molar-refractivity contribution in [2.24, 2.45) is 0 Å². The maximum absolute atomic E-state index is 13.7. The third-order valence-corrected chi connectivity index (χ3v) is 4.99. The molecule has 0 radical (unpaired) electrons. The van der Waals surface area contributed by atoms with E-state index >= 15 is 0 Å². The van der Waals surface area contributed by atoms with E-state index in [1.165, 1.54) is 6.07 Å². The maximum Gasteiger partial charge on any atom is 0.167 e. The van der Waals surface area contributed by atoms with E-state index in [0.717, 1.165) is 0 Å². The summed E-state index contributed by atoms with van der Waals surface area (Å²) in [7, 11) is -2.99. The lowest BCUT2D eigenvalue weighted by atomic mass is 10.2. The number of nitrogen functional groups attached to an aromatic ring is 1. The summed E-state index contributed by atoms with van der Waals surface area (Å²) in [6.07, 6.45) is 0.545. The quantitative estimate of drug-likeness (QED) is 0.855. The summed E-state index contributed by atoms with van der Waals surface area (Å²) >= 11 is 0. The van der Waals surface area contributed by atoms with E-state index in [9.17, 15) is 12.8 Å². The normalized spacial score (nSPS) is 18.6. The van der Waals surface area contributed by atoms with Crippen LogP contribution < -0.4 is 15.4 Å². The smallest absolute Gasteiger partial charge is 0.167 e. The van der Waals surface area contributed by atoms with Crippen molar-refractivity contribution in [3.63, 3.8) is 0 Å². The molecule has 0 aromatic heterocycles. The van der Waals surface area contributed by atoms with E-state index in [2.05, 4.69) is 0 Å². The minimum absolute atomic E-state index is 0.0911. The fraction of sp³-hybridized carbons (Fsp3) is 0.538. The molecule has 2 N–H and O–H groups in total. The van der Waals surface area contributed by atoms with Crippen molar-refractivity contribution in [3.05, 3.63) is 17.9 Å². The van der Waals surface area contributed by atoms with Crippen molar-refractivity contribution in [2.75, 3.05) is 41.8 Å². The molecule has 1 heterocycles. The molecule has 1 aromatic carbocycles. The summed E-state index contributed by atoms with van der Waals surface area (Å²) in [5.74, 6) is -0.0872. The number of halogens is 1. The van der Waals surface area contributed by atoms with E-state index in [1.807, 2.05) is 4.90 Å². The second-order valence-electron chi connectivity index (χ2n) is 4.77. The predicted molar refractivity (Wildman–Crippen MR) is 77.5 cm³/mol. The van der Waals surface area contributed by atoms with Crippen LogP contribution in [0.1, 0.15) is 13.3 Å². The zero-order valence-electron chi connectivity index (χ0n) is 11.4. The van der Waals surface area contributed by atoms with Gasteiger partial charge in [0.15, 0.2) is 21.4 Å². The molecule has 1 aliphatic heterocycles. The molecule has 1 aliphatic rings. The first-order valence-electron chi connectivity index (χ1n) is 6.60. The topological polar surface area (TPSA) is 72.6 Å². The van der Waals surface area contributed by atoms with Crippen LogP contribution in [0.4, 0.5) is 15.8 Å². The molecule has 0 saturated carbocycles. The number of nitrogens with two attached hydrogens (primary N) is 1. The van der Waals surface area contributed by atoms with Gasteiger partial charge in [-0.2, -0.15) is 0 Å². The summed E-state index contributed by atoms with van der Waals surface area (Å²) < 4.78 is 42.1. The van der Waals surface area contributed by atoms with Crippen LogP contribution >= 0.6 is 0 Å². The Morgan fingerprint density at radius 1 is 1.35 bits per heavy atom. The van der Waals surface area contributed by atoms with Crippen molar-refractivity contribution in [1.82, 2.24) is 0 Å². The van der Waals surface area contributed by atoms with Gasteiger partial charge in [-0.25, -0.2) is 12.8 Å². The zero-order valence-corrected chi connectivity index (χ0v) is 12.2. The predicted octanol–water partition coefficient (Wildman–Crippen LogP) is 1.43. The van der Waals surface area contributed by atoms with Gasteiger partial charge in [-0.05, 0) is 13.3 Å². The Kier molecular flexibility index (Phi) is 4.37. The number of sulfone groups is 1. The van der Waals surface area contributed by atoms with Gasteiger partial charge in [-0.1, -0.05) is 0 Å². The van der Waals surface area contributed by atoms with Gasteiger partial charge in [0.1, 0.15) is 0 Å². The van der Waals surface area contributed by atoms with Crippen LogP contribution in [-0.2, 0) is 9.84 Å². The van der Waals surface area contributed by atoms with Gasteiger partial charge >= 0.3 is 0 Å². The van der Waals surface area contributed by atoms with Crippen molar-refractivity contribution >= 4 is 21.2 Å². The summed E-state index contributed by atoms with van der Waals surface area (Å²) in [6.45, 7) is 3.08. The van der Waals surface area contributed by atoms with E-state index < -0.39 is 15.7 Å². The highest BCUT2D eigenvalue weighted by Gasteiger charge is 2.21. The number of benzene rings is 1. The first-order valence-corrected chi connectivity index (χ1v) is 8.42. The molecule has 7 heteroatoms. The van der Waals surface area contributed by atoms with E-state index in [-0.39, 0.29) is 17.3 Å². The van der Waals surface area contributed by atoms with Crippen LogP contribution in [0.2, 0.25) is 0 Å². The second kappa shape index (κ2) is 5.87. The van der Waals surface area contributed by atoms with E-state index in [1.54, 1.807) is 13.0 Å². The third-order valence-electron chi connectivity index (χ3n) is 3.28. The molecule has 0 unspecified atom stereocenters. The number of nitrogens with zero attached hydrogens (tertiary/aromatic N) is 1. The van der Waals surface area contributed by atoms with Crippen LogP contribution in [0.5, 0.6) is 5.75 Å². The van der Waals surface area contributed by atoms with Crippen LogP contribution in [0.25, 0.3) is 0 Å². The minimum Gasteiger partial charge on any atom is -0.491 e. The fourth-order valence-corrected chi connectivity index (χ4v) is 3.55. The van der Waals surface area contributed by atoms with Gasteiger partial charge in [0.05, 0.1) is 29.5 Å². The van der Waals surface area contributed by atoms with Gasteiger partial charge in [0.25, 0.3) is 0 Å². The molecule has 2 rings (SSSR count). The van der Waals surface area contributed by atoms with Crippen molar-refractivity contribution in [3.8, 4) is 5.75 Å². The molecule has 0 aliphatic carbocycles. The van der Waals surface area contributed by atoms with Gasteiger partial charge in [0.2, 0.25) is 0 Å². The highest BCUT2D eigenvalue weighted by molar-refractivity contribution is 7.91. The number of ether oxygens (including phenoxy) is 1. The lowest BCUT2D eigenvalue weighted by Gasteiger charge is -2.24. The molecule has 1 saturated heterocycles. The molecule has 0 spiro atoms. The fourth-order valence-electron chi connectivity index (χ4n) is 2.28. The molecular weight excluding hydrogens is 283 g/mol. The standard InChI is InChI=1S/C13H19FN2O3S/c1-2-19-13-9-12(11(15)8-10(13)14)16-4-3-6-20(17,18)7-5-16/h8-9H,2-7,15H2,1H3. The highest BCUT2D eigenvalue weighted by Crippen LogP contribution is 2.31. The van der Waals surface area contributed by atoms with E-state index in [0.29, 0.717) is 37.5 Å². The molecule has 1 fully saturated rings. The molecule has 0 amide bonds. The summed E-state index contributed by atoms with van der Waals surface area (Å²) in [5, 5.41) is 0. The Labute approximate surface area is 118 Å². The van der Waals surface area contributed by atoms with Crippen molar-refractivity contribution in [2.45, 2.75) is 13.3 Å². The summed E-state index contributed by atoms with van der Waals surface area (Å²) in [4.78, 5) is 1.88. The molecule has 0 bridgehead atoms. The lowest BCUT2D eigenvalue weighted by Crippen LogP contribution is -2.27. The zero-order chi connectivity index (χ0) is 14.8. The van der Waals surface area contributed by atoms with Gasteiger partial charge in [0, 0.05) is 25.2 Å². The Bertz CT molecular complexity index is 590. The Morgan fingerprint density at radius 2 is 2.10 bits per heavy atom. The summed E-state index contributed by atoms with van der Waals surface area (Å²) in [5.41, 5.74) is 6.78. The van der Waals surface area contributed by atoms with Gasteiger partial charge in [-0.15, -0.1) is 0 Å². The molecule has 1 aromatic rings. The Morgan fingerprint density at radius 3 is 2.80 bits per heavy atom. The molecule has 20 heavy (non-hydrogen) atoms. The number of hydrogen-bond acceptors (Lipinski definition) is 5. The summed E-state index contributed by atoms with van der Waals surface area (Å²) in [6, 6.07) is 2.77. The minimum atomic E-state index is -2.99. The van der Waals surface area contributed by atoms with Crippen LogP contribution in [0.15, 0.2) is 12.1 Å². The maximum atomic E-state index is 13.7. The van der Waals surface area contributed by atoms with Crippen molar-refractivity contribution in [1.29, 1.82) is 0 Å². The van der Waals surface area contributed by atoms with Gasteiger partial charge in [-0.3, -0.25) is 0 Å². The van der Waals surface area contributed by atoms with Crippen LogP contribution in [0.3, 0.4) is 0 Å². The Balaban J connectivity index is 2.29. The SMILES string of the molecule is CCOc1cc(N2CCCS(=O)(=O)CC2)c(N)cc1F. The largest absolute Gasteiger partial charge is 0.491 e. The average Bonchev–Trinajstić information content (AvgIpc) is 2.54. The molecular formula is C13H19FN2O3S. The Hall–Kier alpha value is -1.50. The molecule has 0 atom stereocenters. The monoisotopic (exact) mass is 302 g/mol. The third kappa shape index (κ3) is 3.33. The lowest BCUT2D eigenvalue weighted by molar-refractivity contribution is 0.321. The first-order chi connectivity index (χ1) is 9.43. The van der Waals surface area contributed by atoms with Crippen molar-refractivity contribution < 1.29 is 17.5 Å². The van der Waals surface area contributed by atoms with Crippen LogP contribution in [-0.4, -0.2) is 39.6 Å². The number of hydrogen-bond donors (Lipinski definition) is 1. The van der Waals surface area contributed by atoms with Gasteiger partial charge < -0.3 is 15.4 Å². The van der Waals surface area contributed by atoms with Crippen LogP contribution in [0, 0.1) is 5.82 Å². The second-order valence-corrected chi connectivity index (χ2v) is 7.07.